The second-order valence-corrected chi connectivity index (χ2v) is 4.17. The summed E-state index contributed by atoms with van der Waals surface area (Å²) in [5.41, 5.74) is 6.16. The van der Waals surface area contributed by atoms with Gasteiger partial charge in [-0.05, 0) is 24.3 Å². The molecule has 0 aliphatic heterocycles. The third-order valence-corrected chi connectivity index (χ3v) is 2.45. The molecule has 0 spiro atoms. The Bertz CT molecular complexity index is 503. The summed E-state index contributed by atoms with van der Waals surface area (Å²) in [6.45, 7) is -1.48. The van der Waals surface area contributed by atoms with Crippen LogP contribution in [0.5, 0.6) is 0 Å². The molecule has 116 valence electrons. The lowest BCUT2D eigenvalue weighted by atomic mass is 10.2. The van der Waals surface area contributed by atoms with Crippen LogP contribution in [0.25, 0.3) is 0 Å². The first-order valence-electron chi connectivity index (χ1n) is 5.85. The number of benzene rings is 1. The molecule has 0 saturated carbocycles. The molecule has 1 aromatic carbocycles. The van der Waals surface area contributed by atoms with E-state index in [1.165, 1.54) is 24.3 Å². The third-order valence-electron chi connectivity index (χ3n) is 2.45. The number of alkyl halides is 3. The molecule has 1 atom stereocenters. The van der Waals surface area contributed by atoms with Crippen molar-refractivity contribution in [1.29, 1.82) is 0 Å². The number of amides is 2. The second-order valence-electron chi connectivity index (χ2n) is 4.17. The lowest BCUT2D eigenvalue weighted by Gasteiger charge is -2.15. The van der Waals surface area contributed by atoms with Crippen LogP contribution >= 0.6 is 0 Å². The molecule has 5 N–H and O–H groups in total. The van der Waals surface area contributed by atoms with Crippen molar-refractivity contribution in [1.82, 2.24) is 10.6 Å². The Balaban J connectivity index is 2.36. The molecule has 0 bridgehead atoms. The maximum Gasteiger partial charge on any atom is 0.416 e. The molecule has 0 aliphatic carbocycles. The average Bonchev–Trinajstić information content (AvgIpc) is 2.41. The van der Waals surface area contributed by atoms with Crippen LogP contribution in [0.15, 0.2) is 24.3 Å². The SMILES string of the molecule is Nc1ccc(C(=O)NCC(=O)NCC(O)C(F)(F)F)cc1. The van der Waals surface area contributed by atoms with Crippen LogP contribution in [0.4, 0.5) is 18.9 Å². The Morgan fingerprint density at radius 2 is 1.76 bits per heavy atom. The zero-order valence-electron chi connectivity index (χ0n) is 10.8. The van der Waals surface area contributed by atoms with Gasteiger partial charge in [0.25, 0.3) is 5.91 Å². The van der Waals surface area contributed by atoms with E-state index in [4.69, 9.17) is 10.8 Å². The molecule has 0 radical (unpaired) electrons. The maximum absolute atomic E-state index is 12.0. The fraction of sp³-hybridized carbons (Fsp3) is 0.333. The van der Waals surface area contributed by atoms with Crippen molar-refractivity contribution in [3.63, 3.8) is 0 Å². The summed E-state index contributed by atoms with van der Waals surface area (Å²) >= 11 is 0. The topological polar surface area (TPSA) is 104 Å². The zero-order chi connectivity index (χ0) is 16.0. The van der Waals surface area contributed by atoms with Gasteiger partial charge in [0.05, 0.1) is 13.1 Å². The lowest BCUT2D eigenvalue weighted by Crippen LogP contribution is -2.44. The molecule has 6 nitrogen and oxygen atoms in total. The Kier molecular flexibility index (Phi) is 5.53. The lowest BCUT2D eigenvalue weighted by molar-refractivity contribution is -0.201. The summed E-state index contributed by atoms with van der Waals surface area (Å²) < 4.78 is 36.0. The van der Waals surface area contributed by atoms with Gasteiger partial charge in [0, 0.05) is 11.3 Å². The molecule has 9 heteroatoms. The first kappa shape index (κ1) is 16.8. The van der Waals surface area contributed by atoms with Gasteiger partial charge in [0.2, 0.25) is 5.91 Å². The van der Waals surface area contributed by atoms with Gasteiger partial charge < -0.3 is 21.5 Å². The number of hydrogen-bond donors (Lipinski definition) is 4. The smallest absolute Gasteiger partial charge is 0.399 e. The highest BCUT2D eigenvalue weighted by molar-refractivity contribution is 5.96. The van der Waals surface area contributed by atoms with Gasteiger partial charge >= 0.3 is 6.18 Å². The number of nitrogens with one attached hydrogen (secondary N) is 2. The molecule has 0 aliphatic rings. The van der Waals surface area contributed by atoms with Crippen LogP contribution < -0.4 is 16.4 Å². The van der Waals surface area contributed by atoms with Crippen LogP contribution in [0, 0.1) is 0 Å². The summed E-state index contributed by atoms with van der Waals surface area (Å²) in [5.74, 6) is -1.41. The van der Waals surface area contributed by atoms with E-state index in [0.717, 1.165) is 0 Å². The highest BCUT2D eigenvalue weighted by Gasteiger charge is 2.38. The molecule has 0 heterocycles. The van der Waals surface area contributed by atoms with Crippen LogP contribution in [-0.2, 0) is 4.79 Å². The average molecular weight is 305 g/mol. The second kappa shape index (κ2) is 6.93. The molecule has 1 rings (SSSR count). The number of halogens is 3. The first-order valence-corrected chi connectivity index (χ1v) is 5.85. The summed E-state index contributed by atoms with van der Waals surface area (Å²) in [6.07, 6.45) is -7.45. The fourth-order valence-electron chi connectivity index (χ4n) is 1.29. The molecule has 0 fully saturated rings. The Hall–Kier alpha value is -2.29. The number of rotatable bonds is 5. The Labute approximate surface area is 118 Å². The van der Waals surface area contributed by atoms with Crippen molar-refractivity contribution in [2.24, 2.45) is 0 Å². The van der Waals surface area contributed by atoms with Gasteiger partial charge in [0.1, 0.15) is 0 Å². The van der Waals surface area contributed by atoms with E-state index in [9.17, 15) is 22.8 Å². The van der Waals surface area contributed by atoms with Crippen LogP contribution in [0.3, 0.4) is 0 Å². The molecular formula is C12H14F3N3O3. The molecule has 0 aromatic heterocycles. The zero-order valence-corrected chi connectivity index (χ0v) is 10.8. The van der Waals surface area contributed by atoms with Crippen molar-refractivity contribution >= 4 is 17.5 Å². The molecule has 1 unspecified atom stereocenters. The van der Waals surface area contributed by atoms with E-state index in [2.05, 4.69) is 5.32 Å². The summed E-state index contributed by atoms with van der Waals surface area (Å²) in [6, 6.07) is 5.87. The molecule has 1 aromatic rings. The van der Waals surface area contributed by atoms with E-state index in [1.54, 1.807) is 0 Å². The minimum absolute atomic E-state index is 0.257. The number of aliphatic hydroxyl groups excluding tert-OH is 1. The Morgan fingerprint density at radius 1 is 1.19 bits per heavy atom. The molecule has 0 saturated heterocycles. The van der Waals surface area contributed by atoms with Crippen molar-refractivity contribution < 1.29 is 27.9 Å². The van der Waals surface area contributed by atoms with Crippen LogP contribution in [0.2, 0.25) is 0 Å². The van der Waals surface area contributed by atoms with Gasteiger partial charge in [-0.25, -0.2) is 0 Å². The number of hydrogen-bond acceptors (Lipinski definition) is 4. The summed E-state index contributed by atoms with van der Waals surface area (Å²) in [5, 5.41) is 12.8. The van der Waals surface area contributed by atoms with E-state index in [0.29, 0.717) is 5.69 Å². The minimum Gasteiger partial charge on any atom is -0.399 e. The van der Waals surface area contributed by atoms with E-state index in [1.807, 2.05) is 5.32 Å². The van der Waals surface area contributed by atoms with Gasteiger partial charge in [-0.2, -0.15) is 13.2 Å². The van der Waals surface area contributed by atoms with Crippen molar-refractivity contribution in [2.45, 2.75) is 12.3 Å². The van der Waals surface area contributed by atoms with Crippen molar-refractivity contribution in [3.05, 3.63) is 29.8 Å². The third kappa shape index (κ3) is 5.69. The number of nitrogen functional groups attached to an aromatic ring is 1. The number of nitrogens with two attached hydrogens (primary N) is 1. The quantitative estimate of drug-likeness (QED) is 0.576. The van der Waals surface area contributed by atoms with Crippen LogP contribution in [0.1, 0.15) is 10.4 Å². The number of carbonyl (C=O) groups is 2. The number of carbonyl (C=O) groups excluding carboxylic acids is 2. The van der Waals surface area contributed by atoms with Gasteiger partial charge in [-0.15, -0.1) is 0 Å². The van der Waals surface area contributed by atoms with Gasteiger partial charge in [-0.3, -0.25) is 9.59 Å². The fourth-order valence-corrected chi connectivity index (χ4v) is 1.29. The van der Waals surface area contributed by atoms with Crippen molar-refractivity contribution in [2.75, 3.05) is 18.8 Å². The number of aliphatic hydroxyl groups is 1. The molecule has 21 heavy (non-hydrogen) atoms. The van der Waals surface area contributed by atoms with E-state index < -0.39 is 37.2 Å². The van der Waals surface area contributed by atoms with E-state index >= 15 is 0 Å². The van der Waals surface area contributed by atoms with Crippen LogP contribution in [-0.4, -0.2) is 42.3 Å². The standard InChI is InChI=1S/C12H14F3N3O3/c13-12(14,15)9(19)5-17-10(20)6-18-11(21)7-1-3-8(16)4-2-7/h1-4,9,19H,5-6,16H2,(H,17,20)(H,18,21). The highest BCUT2D eigenvalue weighted by atomic mass is 19.4. The normalized spacial score (nSPS) is 12.6. The molecule has 2 amide bonds. The summed E-state index contributed by atoms with van der Waals surface area (Å²) in [4.78, 5) is 22.8. The van der Waals surface area contributed by atoms with E-state index in [-0.39, 0.29) is 5.56 Å². The Morgan fingerprint density at radius 3 is 2.29 bits per heavy atom. The molecular weight excluding hydrogens is 291 g/mol. The largest absolute Gasteiger partial charge is 0.416 e. The predicted molar refractivity (Wildman–Crippen MR) is 68.3 cm³/mol. The highest BCUT2D eigenvalue weighted by Crippen LogP contribution is 2.19. The maximum atomic E-state index is 12.0. The first-order chi connectivity index (χ1) is 9.70. The predicted octanol–water partition coefficient (Wildman–Crippen LogP) is 0.0380. The minimum atomic E-state index is -4.81. The summed E-state index contributed by atoms with van der Waals surface area (Å²) in [7, 11) is 0. The van der Waals surface area contributed by atoms with Gasteiger partial charge in [-0.1, -0.05) is 0 Å². The number of anilines is 1. The van der Waals surface area contributed by atoms with Gasteiger partial charge in [0.15, 0.2) is 6.10 Å². The monoisotopic (exact) mass is 305 g/mol. The van der Waals surface area contributed by atoms with Crippen molar-refractivity contribution in [3.8, 4) is 0 Å².